The lowest BCUT2D eigenvalue weighted by atomic mass is 9.82. The topological polar surface area (TPSA) is 121 Å². The molecule has 2 N–H and O–H groups in total. The molecular formula is C20H21BrN2O6. The van der Waals surface area contributed by atoms with Crippen LogP contribution in [-0.2, 0) is 23.8 Å². The van der Waals surface area contributed by atoms with Crippen LogP contribution in [-0.4, -0.2) is 31.8 Å². The molecule has 0 radical (unpaired) electrons. The Kier molecular flexibility index (Phi) is 7.67. The van der Waals surface area contributed by atoms with Crippen molar-refractivity contribution < 1.29 is 28.5 Å². The molecule has 0 saturated carbocycles. The van der Waals surface area contributed by atoms with Crippen LogP contribution in [0.3, 0.4) is 0 Å². The summed E-state index contributed by atoms with van der Waals surface area (Å²) in [5.41, 5.74) is 6.54. The van der Waals surface area contributed by atoms with Crippen molar-refractivity contribution in [2.45, 2.75) is 26.7 Å². The predicted molar refractivity (Wildman–Crippen MR) is 106 cm³/mol. The number of nitrogens with zero attached hydrogens (tertiary/aromatic N) is 1. The standard InChI is InChI=1S/C20H21BrN2O6/c1-4-26-16(24)10-28-15-7-6-12(21)8-13(15)18-14(9-22)19(23)29-11(3)17(18)20(25)27-5-2/h6-8,18H,4-5,10,23H2,1-3H3. The monoisotopic (exact) mass is 464 g/mol. The number of ether oxygens (including phenoxy) is 4. The zero-order valence-electron chi connectivity index (χ0n) is 16.3. The molecule has 2 rings (SSSR count). The van der Waals surface area contributed by atoms with Gasteiger partial charge in [-0.05, 0) is 39.0 Å². The second kappa shape index (κ2) is 9.98. The highest BCUT2D eigenvalue weighted by Crippen LogP contribution is 2.43. The van der Waals surface area contributed by atoms with Crippen LogP contribution in [0.5, 0.6) is 5.75 Å². The number of hydrogen-bond acceptors (Lipinski definition) is 8. The molecule has 29 heavy (non-hydrogen) atoms. The Morgan fingerprint density at radius 2 is 1.97 bits per heavy atom. The highest BCUT2D eigenvalue weighted by atomic mass is 79.9. The van der Waals surface area contributed by atoms with Crippen molar-refractivity contribution in [1.29, 1.82) is 5.26 Å². The summed E-state index contributed by atoms with van der Waals surface area (Å²) < 4.78 is 21.8. The lowest BCUT2D eigenvalue weighted by molar-refractivity contribution is -0.145. The Hall–Kier alpha value is -2.99. The van der Waals surface area contributed by atoms with E-state index in [1.54, 1.807) is 39.0 Å². The van der Waals surface area contributed by atoms with Crippen LogP contribution >= 0.6 is 15.9 Å². The molecule has 1 heterocycles. The second-order valence-electron chi connectivity index (χ2n) is 5.89. The highest BCUT2D eigenvalue weighted by Gasteiger charge is 2.38. The van der Waals surface area contributed by atoms with Gasteiger partial charge in [0.1, 0.15) is 23.2 Å². The number of nitriles is 1. The summed E-state index contributed by atoms with van der Waals surface area (Å²) in [7, 11) is 0. The summed E-state index contributed by atoms with van der Waals surface area (Å²) in [4.78, 5) is 24.4. The zero-order chi connectivity index (χ0) is 21.6. The number of carbonyl (C=O) groups excluding carboxylic acids is 2. The average Bonchev–Trinajstić information content (AvgIpc) is 2.66. The normalized spacial score (nSPS) is 16.0. The van der Waals surface area contributed by atoms with Crippen molar-refractivity contribution in [1.82, 2.24) is 0 Å². The van der Waals surface area contributed by atoms with Gasteiger partial charge in [-0.3, -0.25) is 0 Å². The first-order chi connectivity index (χ1) is 13.8. The van der Waals surface area contributed by atoms with Crippen LogP contribution in [0.1, 0.15) is 32.3 Å². The number of benzene rings is 1. The number of hydrogen-bond donors (Lipinski definition) is 1. The molecule has 1 aromatic rings. The fourth-order valence-corrected chi connectivity index (χ4v) is 3.26. The van der Waals surface area contributed by atoms with E-state index < -0.39 is 17.9 Å². The summed E-state index contributed by atoms with van der Waals surface area (Å²) in [5, 5.41) is 9.69. The Bertz CT molecular complexity index is 916. The third-order valence-corrected chi connectivity index (χ3v) is 4.53. The van der Waals surface area contributed by atoms with E-state index in [0.29, 0.717) is 15.8 Å². The summed E-state index contributed by atoms with van der Waals surface area (Å²) in [6.07, 6.45) is 0. The lowest BCUT2D eigenvalue weighted by Crippen LogP contribution is -2.26. The first-order valence-corrected chi connectivity index (χ1v) is 9.66. The first kappa shape index (κ1) is 22.3. The van der Waals surface area contributed by atoms with Gasteiger partial charge in [0, 0.05) is 10.0 Å². The number of nitrogens with two attached hydrogens (primary N) is 1. The van der Waals surface area contributed by atoms with E-state index in [4.69, 9.17) is 24.7 Å². The molecule has 154 valence electrons. The largest absolute Gasteiger partial charge is 0.482 e. The predicted octanol–water partition coefficient (Wildman–Crippen LogP) is 3.04. The Morgan fingerprint density at radius 1 is 1.28 bits per heavy atom. The maximum Gasteiger partial charge on any atom is 0.344 e. The van der Waals surface area contributed by atoms with Gasteiger partial charge in [0.2, 0.25) is 5.88 Å². The fourth-order valence-electron chi connectivity index (χ4n) is 2.88. The van der Waals surface area contributed by atoms with E-state index in [1.165, 1.54) is 0 Å². The van der Waals surface area contributed by atoms with Gasteiger partial charge in [0.15, 0.2) is 6.61 Å². The molecular weight excluding hydrogens is 444 g/mol. The molecule has 8 nitrogen and oxygen atoms in total. The minimum Gasteiger partial charge on any atom is -0.482 e. The molecule has 1 aromatic carbocycles. The van der Waals surface area contributed by atoms with Crippen LogP contribution in [0.25, 0.3) is 0 Å². The van der Waals surface area contributed by atoms with Crippen LogP contribution in [0.15, 0.2) is 45.5 Å². The fraction of sp³-hybridized carbons (Fsp3) is 0.350. The Labute approximate surface area is 177 Å². The van der Waals surface area contributed by atoms with Crippen molar-refractivity contribution in [2.24, 2.45) is 5.73 Å². The quantitative estimate of drug-likeness (QED) is 0.610. The second-order valence-corrected chi connectivity index (χ2v) is 6.81. The third kappa shape index (κ3) is 5.09. The maximum atomic E-state index is 12.6. The average molecular weight is 465 g/mol. The highest BCUT2D eigenvalue weighted by molar-refractivity contribution is 9.10. The van der Waals surface area contributed by atoms with Crippen LogP contribution in [0.4, 0.5) is 0 Å². The molecule has 1 aliphatic heterocycles. The van der Waals surface area contributed by atoms with Gasteiger partial charge < -0.3 is 24.7 Å². The minimum atomic E-state index is -0.887. The maximum absolute atomic E-state index is 12.6. The molecule has 0 aromatic heterocycles. The number of carbonyl (C=O) groups is 2. The van der Waals surface area contributed by atoms with E-state index in [1.807, 2.05) is 6.07 Å². The summed E-state index contributed by atoms with van der Waals surface area (Å²) in [6.45, 7) is 4.98. The molecule has 0 amide bonds. The number of halogens is 1. The van der Waals surface area contributed by atoms with Crippen LogP contribution in [0.2, 0.25) is 0 Å². The summed E-state index contributed by atoms with van der Waals surface area (Å²) in [6, 6.07) is 7.03. The van der Waals surface area contributed by atoms with Gasteiger partial charge in [-0.25, -0.2) is 9.59 Å². The third-order valence-electron chi connectivity index (χ3n) is 4.03. The number of rotatable bonds is 7. The van der Waals surface area contributed by atoms with Gasteiger partial charge in [0.05, 0.1) is 24.7 Å². The minimum absolute atomic E-state index is 0.0396. The number of esters is 2. The molecule has 1 unspecified atom stereocenters. The Morgan fingerprint density at radius 3 is 2.59 bits per heavy atom. The lowest BCUT2D eigenvalue weighted by Gasteiger charge is -2.28. The van der Waals surface area contributed by atoms with E-state index in [-0.39, 0.29) is 42.6 Å². The van der Waals surface area contributed by atoms with E-state index in [9.17, 15) is 14.9 Å². The van der Waals surface area contributed by atoms with Crippen LogP contribution < -0.4 is 10.5 Å². The molecule has 0 spiro atoms. The van der Waals surface area contributed by atoms with Crippen molar-refractivity contribution >= 4 is 27.9 Å². The molecule has 0 fully saturated rings. The Balaban J connectivity index is 2.58. The van der Waals surface area contributed by atoms with E-state index in [2.05, 4.69) is 15.9 Å². The first-order valence-electron chi connectivity index (χ1n) is 8.87. The van der Waals surface area contributed by atoms with Crippen molar-refractivity contribution in [2.75, 3.05) is 19.8 Å². The van der Waals surface area contributed by atoms with Crippen LogP contribution in [0, 0.1) is 11.3 Å². The molecule has 0 aliphatic carbocycles. The van der Waals surface area contributed by atoms with Crippen molar-refractivity contribution in [3.05, 3.63) is 51.0 Å². The van der Waals surface area contributed by atoms with E-state index in [0.717, 1.165) is 0 Å². The zero-order valence-corrected chi connectivity index (χ0v) is 17.9. The van der Waals surface area contributed by atoms with Gasteiger partial charge >= 0.3 is 11.9 Å². The van der Waals surface area contributed by atoms with Gasteiger partial charge in [-0.1, -0.05) is 15.9 Å². The van der Waals surface area contributed by atoms with Gasteiger partial charge in [0.25, 0.3) is 0 Å². The SMILES string of the molecule is CCOC(=O)COc1ccc(Br)cc1C1C(C#N)=C(N)OC(C)=C1C(=O)OCC. The summed E-state index contributed by atoms with van der Waals surface area (Å²) >= 11 is 3.39. The molecule has 1 aliphatic rings. The van der Waals surface area contributed by atoms with Crippen molar-refractivity contribution in [3.8, 4) is 11.8 Å². The van der Waals surface area contributed by atoms with Gasteiger partial charge in [-0.15, -0.1) is 0 Å². The molecule has 0 saturated heterocycles. The molecule has 9 heteroatoms. The number of allylic oxidation sites excluding steroid dienone is 2. The molecule has 0 bridgehead atoms. The summed E-state index contributed by atoms with van der Waals surface area (Å²) in [5.74, 6) is -1.65. The van der Waals surface area contributed by atoms with E-state index >= 15 is 0 Å². The smallest absolute Gasteiger partial charge is 0.344 e. The van der Waals surface area contributed by atoms with Gasteiger partial charge in [-0.2, -0.15) is 5.26 Å². The van der Waals surface area contributed by atoms with Crippen molar-refractivity contribution in [3.63, 3.8) is 0 Å². The molecule has 1 atom stereocenters.